The van der Waals surface area contributed by atoms with E-state index in [0.29, 0.717) is 6.54 Å². The fourth-order valence-corrected chi connectivity index (χ4v) is 3.76. The molecule has 2 aliphatic heterocycles. The lowest BCUT2D eigenvalue weighted by atomic mass is 9.88. The molecule has 0 unspecified atom stereocenters. The molecule has 26 heavy (non-hydrogen) atoms. The van der Waals surface area contributed by atoms with Gasteiger partial charge in [-0.1, -0.05) is 49.6 Å². The number of likely N-dealkylation sites (tertiary alicyclic amines) is 1. The molecule has 1 aromatic rings. The minimum Gasteiger partial charge on any atom is -0.363 e. The van der Waals surface area contributed by atoms with Crippen molar-refractivity contribution in [1.29, 1.82) is 0 Å². The molecule has 0 N–H and O–H groups in total. The molecule has 2 saturated heterocycles. The van der Waals surface area contributed by atoms with Crippen LogP contribution >= 0.6 is 0 Å². The third-order valence-corrected chi connectivity index (χ3v) is 5.39. The van der Waals surface area contributed by atoms with Crippen LogP contribution in [0.3, 0.4) is 0 Å². The van der Waals surface area contributed by atoms with Gasteiger partial charge in [-0.25, -0.2) is 0 Å². The van der Waals surface area contributed by atoms with Gasteiger partial charge in [-0.05, 0) is 37.0 Å². The lowest BCUT2D eigenvalue weighted by molar-refractivity contribution is -0.167. The first-order chi connectivity index (χ1) is 12.7. The van der Waals surface area contributed by atoms with Crippen molar-refractivity contribution in [3.05, 3.63) is 73.0 Å². The van der Waals surface area contributed by atoms with Gasteiger partial charge in [-0.3, -0.25) is 4.79 Å². The number of allylic oxidation sites excluding steroid dienone is 3. The Morgan fingerprint density at radius 2 is 1.92 bits per heavy atom. The van der Waals surface area contributed by atoms with Crippen molar-refractivity contribution >= 4 is 5.91 Å². The molecule has 1 amide bonds. The molecular weight excluding hydrogens is 324 g/mol. The van der Waals surface area contributed by atoms with Crippen LogP contribution in [0.2, 0.25) is 0 Å². The van der Waals surface area contributed by atoms with Crippen LogP contribution in [-0.4, -0.2) is 54.1 Å². The zero-order valence-corrected chi connectivity index (χ0v) is 15.4. The van der Waals surface area contributed by atoms with Gasteiger partial charge in [0.15, 0.2) is 0 Å². The summed E-state index contributed by atoms with van der Waals surface area (Å²) in [6.07, 6.45) is 8.21. The first-order valence-corrected chi connectivity index (χ1v) is 9.31. The fourth-order valence-electron chi connectivity index (χ4n) is 3.76. The summed E-state index contributed by atoms with van der Waals surface area (Å²) in [6, 6.07) is 10.6. The maximum Gasteiger partial charge on any atom is 0.253 e. The minimum absolute atomic E-state index is 0.00451. The van der Waals surface area contributed by atoms with Gasteiger partial charge in [0.2, 0.25) is 0 Å². The van der Waals surface area contributed by atoms with Gasteiger partial charge in [0.25, 0.3) is 5.91 Å². The molecule has 2 fully saturated rings. The summed E-state index contributed by atoms with van der Waals surface area (Å²) in [4.78, 5) is 16.6. The van der Waals surface area contributed by atoms with Crippen molar-refractivity contribution in [1.82, 2.24) is 9.80 Å². The number of amides is 1. The molecule has 0 radical (unpaired) electrons. The van der Waals surface area contributed by atoms with Crippen LogP contribution in [-0.2, 0) is 16.0 Å². The van der Waals surface area contributed by atoms with Gasteiger partial charge in [0, 0.05) is 25.3 Å². The topological polar surface area (TPSA) is 32.8 Å². The number of hydrogen-bond acceptors (Lipinski definition) is 3. The zero-order chi connectivity index (χ0) is 18.4. The number of carbonyl (C=O) groups excluding carboxylic acids is 1. The number of ether oxygens (including phenoxy) is 1. The Morgan fingerprint density at radius 3 is 2.58 bits per heavy atom. The van der Waals surface area contributed by atoms with Gasteiger partial charge in [0.05, 0.1) is 12.1 Å². The van der Waals surface area contributed by atoms with Crippen LogP contribution in [0.25, 0.3) is 0 Å². The predicted molar refractivity (Wildman–Crippen MR) is 105 cm³/mol. The number of benzene rings is 1. The monoisotopic (exact) mass is 352 g/mol. The smallest absolute Gasteiger partial charge is 0.253 e. The van der Waals surface area contributed by atoms with Gasteiger partial charge < -0.3 is 14.5 Å². The molecule has 0 saturated carbocycles. The summed E-state index contributed by atoms with van der Waals surface area (Å²) in [5, 5.41) is 0. The minimum atomic E-state index is -0.236. The van der Waals surface area contributed by atoms with Crippen molar-refractivity contribution in [3.63, 3.8) is 0 Å². The summed E-state index contributed by atoms with van der Waals surface area (Å²) >= 11 is 0. The molecular formula is C22H28N2O2. The molecule has 138 valence electrons. The Bertz CT molecular complexity index is 673. The van der Waals surface area contributed by atoms with Crippen LogP contribution in [0.1, 0.15) is 18.4 Å². The van der Waals surface area contributed by atoms with Crippen molar-refractivity contribution in [2.45, 2.75) is 24.9 Å². The molecule has 0 aliphatic carbocycles. The average Bonchev–Trinajstić information content (AvgIpc) is 2.69. The molecule has 0 bridgehead atoms. The molecule has 4 nitrogen and oxygen atoms in total. The van der Waals surface area contributed by atoms with Crippen molar-refractivity contribution in [2.24, 2.45) is 0 Å². The summed E-state index contributed by atoms with van der Waals surface area (Å²) in [7, 11) is 0. The van der Waals surface area contributed by atoms with Crippen LogP contribution in [0.4, 0.5) is 0 Å². The summed E-state index contributed by atoms with van der Waals surface area (Å²) in [5.41, 5.74) is 1.95. The molecule has 0 atom stereocenters. The van der Waals surface area contributed by atoms with E-state index in [2.05, 4.69) is 48.4 Å². The van der Waals surface area contributed by atoms with E-state index in [9.17, 15) is 4.79 Å². The van der Waals surface area contributed by atoms with E-state index in [1.54, 1.807) is 17.1 Å². The van der Waals surface area contributed by atoms with Crippen LogP contribution in [0.15, 0.2) is 67.4 Å². The summed E-state index contributed by atoms with van der Waals surface area (Å²) in [5.74, 6) is -0.00451. The van der Waals surface area contributed by atoms with Gasteiger partial charge in [0.1, 0.15) is 6.61 Å². The van der Waals surface area contributed by atoms with E-state index in [4.69, 9.17) is 4.74 Å². The predicted octanol–water partition coefficient (Wildman–Crippen LogP) is 3.18. The lowest BCUT2D eigenvalue weighted by Crippen LogP contribution is -2.58. The van der Waals surface area contributed by atoms with Gasteiger partial charge >= 0.3 is 0 Å². The second-order valence-corrected chi connectivity index (χ2v) is 7.06. The van der Waals surface area contributed by atoms with Gasteiger partial charge in [-0.15, -0.1) is 0 Å². The van der Waals surface area contributed by atoms with E-state index in [1.807, 2.05) is 6.08 Å². The molecule has 2 aliphatic rings. The summed E-state index contributed by atoms with van der Waals surface area (Å²) < 4.78 is 6.03. The van der Waals surface area contributed by atoms with E-state index in [-0.39, 0.29) is 18.1 Å². The molecule has 3 rings (SSSR count). The van der Waals surface area contributed by atoms with Crippen molar-refractivity contribution in [3.8, 4) is 0 Å². The number of hydrogen-bond donors (Lipinski definition) is 0. The highest BCUT2D eigenvalue weighted by molar-refractivity contribution is 5.80. The largest absolute Gasteiger partial charge is 0.363 e. The molecule has 0 aromatic heterocycles. The van der Waals surface area contributed by atoms with Crippen molar-refractivity contribution < 1.29 is 9.53 Å². The normalized spacial score (nSPS) is 21.0. The maximum atomic E-state index is 12.3. The Hall–Kier alpha value is -2.17. The highest BCUT2D eigenvalue weighted by Crippen LogP contribution is 2.32. The van der Waals surface area contributed by atoms with E-state index in [1.165, 1.54) is 5.56 Å². The third-order valence-electron chi connectivity index (χ3n) is 5.39. The van der Waals surface area contributed by atoms with Crippen molar-refractivity contribution in [2.75, 3.05) is 32.8 Å². The quantitative estimate of drug-likeness (QED) is 0.737. The second-order valence-electron chi connectivity index (χ2n) is 7.06. The highest BCUT2D eigenvalue weighted by atomic mass is 16.5. The highest BCUT2D eigenvalue weighted by Gasteiger charge is 2.42. The van der Waals surface area contributed by atoms with Crippen LogP contribution in [0, 0.1) is 0 Å². The SMILES string of the molecule is C=C/C=C(\C=C)N1CC2(CCN(CCc3ccccc3)CC2)OCC1=O. The number of rotatable bonds is 6. The molecule has 2 heterocycles. The van der Waals surface area contributed by atoms with E-state index >= 15 is 0 Å². The first-order valence-electron chi connectivity index (χ1n) is 9.31. The Labute approximate surface area is 156 Å². The van der Waals surface area contributed by atoms with Crippen LogP contribution < -0.4 is 0 Å². The van der Waals surface area contributed by atoms with Gasteiger partial charge in [-0.2, -0.15) is 0 Å². The van der Waals surface area contributed by atoms with E-state index < -0.39 is 0 Å². The second kappa shape index (κ2) is 8.47. The number of nitrogens with zero attached hydrogens (tertiary/aromatic N) is 2. The number of piperidine rings is 1. The number of morpholine rings is 1. The average molecular weight is 352 g/mol. The first kappa shape index (κ1) is 18.6. The Morgan fingerprint density at radius 1 is 1.19 bits per heavy atom. The molecule has 1 aromatic carbocycles. The van der Waals surface area contributed by atoms with E-state index in [0.717, 1.165) is 44.6 Å². The fraction of sp³-hybridized carbons (Fsp3) is 0.409. The zero-order valence-electron chi connectivity index (χ0n) is 15.4. The van der Waals surface area contributed by atoms with Crippen LogP contribution in [0.5, 0.6) is 0 Å². The Balaban J connectivity index is 1.57. The summed E-state index contributed by atoms with van der Waals surface area (Å²) in [6.45, 7) is 11.4. The molecule has 4 heteroatoms. The maximum absolute atomic E-state index is 12.3. The lowest BCUT2D eigenvalue weighted by Gasteiger charge is -2.47. The Kier molecular flexibility index (Phi) is 6.07. The molecule has 1 spiro atoms. The number of carbonyl (C=O) groups is 1. The standard InChI is InChI=1S/C22H28N2O2/c1-3-8-20(4-2)24-18-22(26-17-21(24)25)12-15-23(16-13-22)14-11-19-9-6-5-7-10-19/h3-10H,1-2,11-18H2/b20-8+. The third kappa shape index (κ3) is 4.32.